The monoisotopic (exact) mass is 218 g/mol. The Morgan fingerprint density at radius 2 is 2.13 bits per heavy atom. The molecule has 1 aromatic carbocycles. The van der Waals surface area contributed by atoms with Crippen LogP contribution in [0.5, 0.6) is 0 Å². The van der Waals surface area contributed by atoms with Gasteiger partial charge in [0.25, 0.3) is 0 Å². The molecule has 1 saturated heterocycles. The zero-order chi connectivity index (χ0) is 10.7. The number of thioether (sulfide) groups is 1. The Morgan fingerprint density at radius 3 is 2.80 bits per heavy atom. The molecule has 0 bridgehead atoms. The molecule has 1 heterocycles. The molecule has 0 aromatic heterocycles. The van der Waals surface area contributed by atoms with Gasteiger partial charge in [-0.05, 0) is 18.1 Å². The van der Waals surface area contributed by atoms with Crippen molar-refractivity contribution in [2.24, 2.45) is 5.92 Å². The minimum Gasteiger partial charge on any atom is -0.293 e. The first kappa shape index (κ1) is 10.5. The first-order valence-electron chi connectivity index (χ1n) is 5.16. The normalized spacial score (nSPS) is 25.1. The Kier molecular flexibility index (Phi) is 3.27. The van der Waals surface area contributed by atoms with E-state index in [1.165, 1.54) is 0 Å². The fraction of sp³-hybridized carbons (Fsp3) is 0.308. The summed E-state index contributed by atoms with van der Waals surface area (Å²) in [5.41, 5.74) is 0.823. The van der Waals surface area contributed by atoms with E-state index in [9.17, 15) is 4.79 Å². The van der Waals surface area contributed by atoms with E-state index in [1.807, 2.05) is 36.4 Å². The van der Waals surface area contributed by atoms with Crippen molar-refractivity contribution in [2.75, 3.05) is 5.75 Å². The molecule has 15 heavy (non-hydrogen) atoms. The minimum atomic E-state index is 0.0879. The molecule has 1 aliphatic heterocycles. The van der Waals surface area contributed by atoms with Crippen LogP contribution in [-0.2, 0) is 0 Å². The van der Waals surface area contributed by atoms with Crippen molar-refractivity contribution in [2.45, 2.75) is 11.7 Å². The number of benzene rings is 1. The Balaban J connectivity index is 2.18. The van der Waals surface area contributed by atoms with E-state index in [-0.39, 0.29) is 11.0 Å². The van der Waals surface area contributed by atoms with Crippen LogP contribution in [0.15, 0.2) is 43.0 Å². The Bertz CT molecular complexity index is 358. The summed E-state index contributed by atoms with van der Waals surface area (Å²) in [6.45, 7) is 3.80. The van der Waals surface area contributed by atoms with Gasteiger partial charge in [-0.1, -0.05) is 36.4 Å². The Labute approximate surface area is 94.6 Å². The van der Waals surface area contributed by atoms with Crippen LogP contribution in [0.1, 0.15) is 16.8 Å². The summed E-state index contributed by atoms with van der Waals surface area (Å²) in [5.74, 6) is 1.67. The number of carbonyl (C=O) groups excluding carboxylic acids is 1. The average molecular weight is 218 g/mol. The van der Waals surface area contributed by atoms with Crippen LogP contribution in [0, 0.1) is 5.92 Å². The Hall–Kier alpha value is -1.02. The highest BCUT2D eigenvalue weighted by molar-refractivity contribution is 8.00. The lowest BCUT2D eigenvalue weighted by atomic mass is 9.96. The van der Waals surface area contributed by atoms with Gasteiger partial charge >= 0.3 is 0 Å². The molecule has 0 radical (unpaired) electrons. The maximum atomic E-state index is 12.1. The first-order chi connectivity index (χ1) is 7.33. The molecule has 0 saturated carbocycles. The van der Waals surface area contributed by atoms with Gasteiger partial charge in [0.15, 0.2) is 5.78 Å². The number of hydrogen-bond acceptors (Lipinski definition) is 2. The number of hydrogen-bond donors (Lipinski definition) is 0. The lowest BCUT2D eigenvalue weighted by molar-refractivity contribution is 0.0979. The standard InChI is InChI=1S/C13H14OS/c1-2-10-8-9-15-13(10)12(14)11-6-4-3-5-7-11/h2-7,10,13H,1,8-9H2/t10-,13+/m0/s1. The number of rotatable bonds is 3. The predicted octanol–water partition coefficient (Wildman–Crippen LogP) is 3.18. The fourth-order valence-electron chi connectivity index (χ4n) is 1.88. The summed E-state index contributed by atoms with van der Waals surface area (Å²) in [7, 11) is 0. The smallest absolute Gasteiger partial charge is 0.176 e. The maximum Gasteiger partial charge on any atom is 0.176 e. The Morgan fingerprint density at radius 1 is 1.40 bits per heavy atom. The molecule has 0 amide bonds. The van der Waals surface area contributed by atoms with Gasteiger partial charge in [0.05, 0.1) is 5.25 Å². The maximum absolute atomic E-state index is 12.1. The molecular weight excluding hydrogens is 204 g/mol. The van der Waals surface area contributed by atoms with Crippen LogP contribution in [-0.4, -0.2) is 16.8 Å². The van der Waals surface area contributed by atoms with E-state index in [0.29, 0.717) is 5.92 Å². The lowest BCUT2D eigenvalue weighted by Crippen LogP contribution is -2.21. The number of ketones is 1. The van der Waals surface area contributed by atoms with Crippen LogP contribution in [0.3, 0.4) is 0 Å². The van der Waals surface area contributed by atoms with E-state index >= 15 is 0 Å². The molecule has 1 nitrogen and oxygen atoms in total. The summed E-state index contributed by atoms with van der Waals surface area (Å²) in [6.07, 6.45) is 3.00. The largest absolute Gasteiger partial charge is 0.293 e. The zero-order valence-electron chi connectivity index (χ0n) is 8.56. The van der Waals surface area contributed by atoms with Gasteiger partial charge in [0, 0.05) is 5.56 Å². The van der Waals surface area contributed by atoms with E-state index < -0.39 is 0 Å². The summed E-state index contributed by atoms with van der Waals surface area (Å²) in [4.78, 5) is 12.1. The van der Waals surface area contributed by atoms with Gasteiger partial charge in [-0.2, -0.15) is 0 Å². The van der Waals surface area contributed by atoms with Crippen molar-refractivity contribution >= 4 is 17.5 Å². The van der Waals surface area contributed by atoms with Gasteiger partial charge in [-0.25, -0.2) is 0 Å². The number of Topliss-reactive ketones (excluding diaryl/α,β-unsaturated/α-hetero) is 1. The molecule has 2 atom stereocenters. The third kappa shape index (κ3) is 2.15. The average Bonchev–Trinajstić information content (AvgIpc) is 2.77. The second-order valence-corrected chi connectivity index (χ2v) is 4.96. The van der Waals surface area contributed by atoms with Gasteiger partial charge < -0.3 is 0 Å². The molecular formula is C13H14OS. The van der Waals surface area contributed by atoms with Crippen LogP contribution in [0.4, 0.5) is 0 Å². The molecule has 2 rings (SSSR count). The van der Waals surface area contributed by atoms with Crippen molar-refractivity contribution in [1.82, 2.24) is 0 Å². The van der Waals surface area contributed by atoms with Crippen LogP contribution < -0.4 is 0 Å². The third-order valence-corrected chi connectivity index (χ3v) is 4.15. The van der Waals surface area contributed by atoms with Gasteiger partial charge in [-0.15, -0.1) is 18.3 Å². The molecule has 1 aromatic rings. The molecule has 0 unspecified atom stereocenters. The van der Waals surface area contributed by atoms with Crippen molar-refractivity contribution in [3.8, 4) is 0 Å². The second kappa shape index (κ2) is 4.67. The van der Waals surface area contributed by atoms with E-state index in [0.717, 1.165) is 17.7 Å². The molecule has 0 aliphatic carbocycles. The molecule has 1 aliphatic rings. The summed E-state index contributed by atoms with van der Waals surface area (Å²) in [5, 5.41) is 0.0879. The van der Waals surface area contributed by atoms with Crippen LogP contribution >= 0.6 is 11.8 Å². The third-order valence-electron chi connectivity index (χ3n) is 2.76. The number of allylic oxidation sites excluding steroid dienone is 1. The molecule has 2 heteroatoms. The number of carbonyl (C=O) groups is 1. The first-order valence-corrected chi connectivity index (χ1v) is 6.21. The predicted molar refractivity (Wildman–Crippen MR) is 65.3 cm³/mol. The highest BCUT2D eigenvalue weighted by Gasteiger charge is 2.31. The van der Waals surface area contributed by atoms with E-state index in [4.69, 9.17) is 0 Å². The molecule has 78 valence electrons. The van der Waals surface area contributed by atoms with E-state index in [2.05, 4.69) is 6.58 Å². The quantitative estimate of drug-likeness (QED) is 0.572. The molecule has 0 N–H and O–H groups in total. The minimum absolute atomic E-state index is 0.0879. The second-order valence-electron chi connectivity index (χ2n) is 3.71. The molecule has 1 fully saturated rings. The van der Waals surface area contributed by atoms with Gasteiger partial charge in [-0.3, -0.25) is 4.79 Å². The highest BCUT2D eigenvalue weighted by Crippen LogP contribution is 2.35. The van der Waals surface area contributed by atoms with Gasteiger partial charge in [0.2, 0.25) is 0 Å². The van der Waals surface area contributed by atoms with Crippen molar-refractivity contribution < 1.29 is 4.79 Å². The SMILES string of the molecule is C=C[C@H]1CCS[C@H]1C(=O)c1ccccc1. The summed E-state index contributed by atoms with van der Waals surface area (Å²) < 4.78 is 0. The van der Waals surface area contributed by atoms with Crippen molar-refractivity contribution in [3.63, 3.8) is 0 Å². The lowest BCUT2D eigenvalue weighted by Gasteiger charge is -2.13. The molecule has 0 spiro atoms. The van der Waals surface area contributed by atoms with Crippen LogP contribution in [0.25, 0.3) is 0 Å². The highest BCUT2D eigenvalue weighted by atomic mass is 32.2. The van der Waals surface area contributed by atoms with E-state index in [1.54, 1.807) is 11.8 Å². The van der Waals surface area contributed by atoms with Crippen molar-refractivity contribution in [1.29, 1.82) is 0 Å². The van der Waals surface area contributed by atoms with Gasteiger partial charge in [0.1, 0.15) is 0 Å². The summed E-state index contributed by atoms with van der Waals surface area (Å²) in [6, 6.07) is 9.54. The zero-order valence-corrected chi connectivity index (χ0v) is 9.37. The fourth-order valence-corrected chi connectivity index (χ4v) is 3.33. The topological polar surface area (TPSA) is 17.1 Å². The van der Waals surface area contributed by atoms with Crippen LogP contribution in [0.2, 0.25) is 0 Å². The summed E-state index contributed by atoms with van der Waals surface area (Å²) >= 11 is 1.76. The van der Waals surface area contributed by atoms with Crippen molar-refractivity contribution in [3.05, 3.63) is 48.6 Å².